The van der Waals surface area contributed by atoms with Crippen LogP contribution in [0.4, 0.5) is 14.5 Å². The first-order valence-electron chi connectivity index (χ1n) is 11.2. The molecule has 3 heterocycles. The summed E-state index contributed by atoms with van der Waals surface area (Å²) in [6.45, 7) is 2.19. The van der Waals surface area contributed by atoms with Crippen LogP contribution >= 0.6 is 0 Å². The molecule has 9 heteroatoms. The van der Waals surface area contributed by atoms with Gasteiger partial charge in [-0.25, -0.2) is 18.3 Å². The molecule has 3 aromatic heterocycles. The standard InChI is InChI=1S/C25H24F2N6O/c1-14-9-15(11-16(28)10-14)17-5-7-29-13-22(17)32-25(34)21-6-8-33-24(31-21)18(12-30-33)23-19(26)3-2-4-20(23)27/h2-8,12-16H,9-11,28H2,1H3,(H,32,34)/t14-,15+,16+/m0/s1. The number of nitrogens with zero attached hydrogens (tertiary/aromatic N) is 4. The maximum Gasteiger partial charge on any atom is 0.274 e. The van der Waals surface area contributed by atoms with Gasteiger partial charge < -0.3 is 11.1 Å². The van der Waals surface area contributed by atoms with E-state index in [1.54, 1.807) is 12.4 Å². The van der Waals surface area contributed by atoms with Crippen LogP contribution in [0, 0.1) is 17.6 Å². The van der Waals surface area contributed by atoms with Gasteiger partial charge in [-0.2, -0.15) is 5.10 Å². The van der Waals surface area contributed by atoms with Crippen molar-refractivity contribution in [1.29, 1.82) is 0 Å². The Labute approximate surface area is 195 Å². The molecular weight excluding hydrogens is 438 g/mol. The summed E-state index contributed by atoms with van der Waals surface area (Å²) in [5.41, 5.74) is 8.04. The molecule has 1 fully saturated rings. The van der Waals surface area contributed by atoms with Crippen molar-refractivity contribution in [3.63, 3.8) is 0 Å². The number of benzene rings is 1. The van der Waals surface area contributed by atoms with Crippen molar-refractivity contribution < 1.29 is 13.6 Å². The van der Waals surface area contributed by atoms with E-state index in [0.29, 0.717) is 11.6 Å². The van der Waals surface area contributed by atoms with E-state index in [1.807, 2.05) is 6.07 Å². The van der Waals surface area contributed by atoms with Gasteiger partial charge in [-0.05, 0) is 60.9 Å². The molecule has 0 aliphatic heterocycles. The summed E-state index contributed by atoms with van der Waals surface area (Å²) in [7, 11) is 0. The molecule has 1 aromatic carbocycles. The van der Waals surface area contributed by atoms with Crippen molar-refractivity contribution in [2.75, 3.05) is 5.32 Å². The monoisotopic (exact) mass is 462 g/mol. The first kappa shape index (κ1) is 22.1. The Balaban J connectivity index is 1.47. The number of amides is 1. The summed E-state index contributed by atoms with van der Waals surface area (Å²) < 4.78 is 30.1. The van der Waals surface area contributed by atoms with Crippen molar-refractivity contribution in [2.45, 2.75) is 38.1 Å². The molecule has 1 amide bonds. The van der Waals surface area contributed by atoms with E-state index in [9.17, 15) is 13.6 Å². The fourth-order valence-corrected chi connectivity index (χ4v) is 4.89. The van der Waals surface area contributed by atoms with Crippen molar-refractivity contribution >= 4 is 17.2 Å². The third-order valence-electron chi connectivity index (χ3n) is 6.36. The normalized spacial score (nSPS) is 20.4. The Morgan fingerprint density at radius 1 is 1.12 bits per heavy atom. The number of nitrogens with one attached hydrogen (secondary N) is 1. The highest BCUT2D eigenvalue weighted by atomic mass is 19.1. The van der Waals surface area contributed by atoms with Crippen LogP contribution < -0.4 is 11.1 Å². The third-order valence-corrected chi connectivity index (χ3v) is 6.36. The molecule has 1 aliphatic carbocycles. The molecule has 3 atom stereocenters. The SMILES string of the molecule is C[C@@H]1C[C@@H](N)C[C@H](c2ccncc2NC(=O)c2ccn3ncc(-c4c(F)cccc4F)c3n2)C1. The van der Waals surface area contributed by atoms with E-state index in [-0.39, 0.29) is 34.4 Å². The zero-order chi connectivity index (χ0) is 23.8. The summed E-state index contributed by atoms with van der Waals surface area (Å²) in [5.74, 6) is -1.20. The molecular formula is C25H24F2N6O. The third kappa shape index (κ3) is 4.14. The zero-order valence-electron chi connectivity index (χ0n) is 18.6. The predicted octanol–water partition coefficient (Wildman–Crippen LogP) is 4.55. The highest BCUT2D eigenvalue weighted by molar-refractivity contribution is 6.03. The summed E-state index contributed by atoms with van der Waals surface area (Å²) in [4.78, 5) is 21.7. The maximum atomic E-state index is 14.4. The lowest BCUT2D eigenvalue weighted by atomic mass is 9.76. The largest absolute Gasteiger partial charge is 0.328 e. The second kappa shape index (κ2) is 8.90. The van der Waals surface area contributed by atoms with E-state index in [4.69, 9.17) is 5.73 Å². The van der Waals surface area contributed by atoms with Crippen molar-refractivity contribution in [2.24, 2.45) is 11.7 Å². The molecule has 1 aliphatic rings. The Morgan fingerprint density at radius 3 is 2.68 bits per heavy atom. The lowest BCUT2D eigenvalue weighted by Crippen LogP contribution is -2.31. The fourth-order valence-electron chi connectivity index (χ4n) is 4.89. The van der Waals surface area contributed by atoms with Gasteiger partial charge in [0.2, 0.25) is 0 Å². The molecule has 0 spiro atoms. The quantitative estimate of drug-likeness (QED) is 0.464. The molecule has 0 unspecified atom stereocenters. The van der Waals surface area contributed by atoms with Gasteiger partial charge in [0.1, 0.15) is 17.3 Å². The lowest BCUT2D eigenvalue weighted by molar-refractivity contribution is 0.102. The minimum absolute atomic E-state index is 0.0921. The first-order chi connectivity index (χ1) is 16.4. The van der Waals surface area contributed by atoms with Crippen molar-refractivity contribution in [1.82, 2.24) is 19.6 Å². The van der Waals surface area contributed by atoms with Gasteiger partial charge in [-0.3, -0.25) is 9.78 Å². The number of fused-ring (bicyclic) bond motifs is 1. The van der Waals surface area contributed by atoms with Crippen LogP contribution in [0.3, 0.4) is 0 Å². The highest BCUT2D eigenvalue weighted by Gasteiger charge is 2.27. The summed E-state index contributed by atoms with van der Waals surface area (Å²) in [6, 6.07) is 7.16. The van der Waals surface area contributed by atoms with Crippen LogP contribution in [0.2, 0.25) is 0 Å². The van der Waals surface area contributed by atoms with Crippen LogP contribution in [0.15, 0.2) is 55.1 Å². The molecule has 174 valence electrons. The van der Waals surface area contributed by atoms with E-state index in [1.165, 1.54) is 41.2 Å². The Hall–Kier alpha value is -3.72. The molecule has 7 nitrogen and oxygen atoms in total. The molecule has 34 heavy (non-hydrogen) atoms. The Morgan fingerprint density at radius 2 is 1.91 bits per heavy atom. The topological polar surface area (TPSA) is 98.2 Å². The number of aromatic nitrogens is 4. The van der Waals surface area contributed by atoms with Gasteiger partial charge in [-0.1, -0.05) is 13.0 Å². The smallest absolute Gasteiger partial charge is 0.274 e. The van der Waals surface area contributed by atoms with E-state index < -0.39 is 17.5 Å². The van der Waals surface area contributed by atoms with Gasteiger partial charge in [0.05, 0.1) is 29.2 Å². The van der Waals surface area contributed by atoms with E-state index in [0.717, 1.165) is 24.8 Å². The Kier molecular flexibility index (Phi) is 5.79. The molecule has 5 rings (SSSR count). The number of anilines is 1. The molecule has 1 saturated carbocycles. The van der Waals surface area contributed by atoms with Gasteiger partial charge in [0.15, 0.2) is 5.65 Å². The van der Waals surface area contributed by atoms with Crippen LogP contribution in [0.25, 0.3) is 16.8 Å². The fraction of sp³-hybridized carbons (Fsp3) is 0.280. The molecule has 4 aromatic rings. The number of nitrogens with two attached hydrogens (primary N) is 1. The van der Waals surface area contributed by atoms with Gasteiger partial charge in [0.25, 0.3) is 5.91 Å². The maximum absolute atomic E-state index is 14.4. The predicted molar refractivity (Wildman–Crippen MR) is 124 cm³/mol. The van der Waals surface area contributed by atoms with Gasteiger partial charge in [0, 0.05) is 18.4 Å². The number of hydrogen-bond donors (Lipinski definition) is 2. The second-order valence-corrected chi connectivity index (χ2v) is 8.92. The zero-order valence-corrected chi connectivity index (χ0v) is 18.6. The van der Waals surface area contributed by atoms with Gasteiger partial charge >= 0.3 is 0 Å². The number of carbonyl (C=O) groups excluding carboxylic acids is 1. The minimum Gasteiger partial charge on any atom is -0.328 e. The molecule has 0 bridgehead atoms. The lowest BCUT2D eigenvalue weighted by Gasteiger charge is -2.32. The summed E-state index contributed by atoms with van der Waals surface area (Å²) in [5, 5.41) is 7.03. The molecule has 3 N–H and O–H groups in total. The number of rotatable bonds is 4. The molecule has 0 saturated heterocycles. The van der Waals surface area contributed by atoms with Crippen molar-refractivity contribution in [3.05, 3.63) is 78.0 Å². The minimum atomic E-state index is -0.730. The first-order valence-corrected chi connectivity index (χ1v) is 11.2. The summed E-state index contributed by atoms with van der Waals surface area (Å²) >= 11 is 0. The average molecular weight is 463 g/mol. The highest BCUT2D eigenvalue weighted by Crippen LogP contribution is 2.38. The van der Waals surface area contributed by atoms with Crippen LogP contribution in [0.5, 0.6) is 0 Å². The molecule has 0 radical (unpaired) electrons. The second-order valence-electron chi connectivity index (χ2n) is 8.92. The van der Waals surface area contributed by atoms with E-state index >= 15 is 0 Å². The number of hydrogen-bond acceptors (Lipinski definition) is 5. The number of pyridine rings is 1. The van der Waals surface area contributed by atoms with Gasteiger partial charge in [-0.15, -0.1) is 0 Å². The van der Waals surface area contributed by atoms with Crippen LogP contribution in [0.1, 0.15) is 48.2 Å². The van der Waals surface area contributed by atoms with Crippen LogP contribution in [-0.4, -0.2) is 31.5 Å². The summed E-state index contributed by atoms with van der Waals surface area (Å²) in [6.07, 6.45) is 9.01. The Bertz CT molecular complexity index is 1340. The van der Waals surface area contributed by atoms with Crippen LogP contribution in [-0.2, 0) is 0 Å². The number of halogens is 2. The average Bonchev–Trinajstić information content (AvgIpc) is 3.21. The van der Waals surface area contributed by atoms with Crippen molar-refractivity contribution in [3.8, 4) is 11.1 Å². The van der Waals surface area contributed by atoms with E-state index in [2.05, 4.69) is 27.3 Å². The number of carbonyl (C=O) groups is 1.